The van der Waals surface area contributed by atoms with Gasteiger partial charge in [-0.1, -0.05) is 0 Å². The summed E-state index contributed by atoms with van der Waals surface area (Å²) in [6, 6.07) is 10.8. The first-order chi connectivity index (χ1) is 20.3. The molecule has 4 heterocycles. The van der Waals surface area contributed by atoms with Gasteiger partial charge in [0, 0.05) is 67.3 Å². The van der Waals surface area contributed by atoms with Gasteiger partial charge in [-0.25, -0.2) is 0 Å². The van der Waals surface area contributed by atoms with Gasteiger partial charge in [-0.05, 0) is 63.1 Å². The van der Waals surface area contributed by atoms with Crippen molar-refractivity contribution < 1.29 is 38.2 Å². The van der Waals surface area contributed by atoms with E-state index in [4.69, 9.17) is 19.9 Å². The lowest BCUT2D eigenvalue weighted by Crippen LogP contribution is -2.28. The van der Waals surface area contributed by atoms with Gasteiger partial charge in [-0.15, -0.1) is 0 Å². The predicted molar refractivity (Wildman–Crippen MR) is 157 cm³/mol. The van der Waals surface area contributed by atoms with Gasteiger partial charge in [0.1, 0.15) is 30.3 Å². The minimum atomic E-state index is -0.523. The van der Waals surface area contributed by atoms with E-state index in [0.29, 0.717) is 44.5 Å². The Kier molecular flexibility index (Phi) is 8.55. The molecular weight excluding hydrogens is 554 g/mol. The fourth-order valence-corrected chi connectivity index (χ4v) is 5.64. The monoisotopic (exact) mass is 591 g/mol. The van der Waals surface area contributed by atoms with Gasteiger partial charge in [-0.2, -0.15) is 0 Å². The lowest BCUT2D eigenvalue weighted by atomic mass is 10.0. The minimum absolute atomic E-state index is 0.0171. The summed E-state index contributed by atoms with van der Waals surface area (Å²) in [5.74, 6) is 1.19. The molecule has 0 saturated carbocycles. The van der Waals surface area contributed by atoms with Crippen molar-refractivity contribution in [2.75, 3.05) is 36.1 Å². The Morgan fingerprint density at radius 1 is 0.837 bits per heavy atom. The molecule has 4 aliphatic heterocycles. The normalized spacial score (nSPS) is 21.4. The maximum atomic E-state index is 12.4. The van der Waals surface area contributed by atoms with E-state index < -0.39 is 5.60 Å². The number of ether oxygens (including phenoxy) is 3. The van der Waals surface area contributed by atoms with Crippen molar-refractivity contribution in [3.8, 4) is 11.5 Å². The molecule has 2 aromatic carbocycles. The summed E-state index contributed by atoms with van der Waals surface area (Å²) in [6.45, 7) is 6.74. The number of carbonyl (C=O) groups excluding carboxylic acids is 5. The highest BCUT2D eigenvalue weighted by Crippen LogP contribution is 2.33. The number of carbonyl (C=O) groups is 5. The molecule has 2 N–H and O–H groups in total. The molecule has 2 aromatic rings. The smallest absolute Gasteiger partial charge is 0.306 e. The summed E-state index contributed by atoms with van der Waals surface area (Å²) in [6.07, 6.45) is 1.63. The average Bonchev–Trinajstić information content (AvgIpc) is 3.46. The Bertz CT molecular complexity index is 1460. The lowest BCUT2D eigenvalue weighted by Gasteiger charge is -2.22. The average molecular weight is 592 g/mol. The lowest BCUT2D eigenvalue weighted by molar-refractivity contribution is -0.155. The van der Waals surface area contributed by atoms with E-state index in [-0.39, 0.29) is 60.9 Å². The fraction of sp³-hybridized carbons (Fsp3) is 0.469. The van der Waals surface area contributed by atoms with E-state index in [1.807, 2.05) is 51.1 Å². The second-order valence-electron chi connectivity index (χ2n) is 12.4. The number of ketones is 2. The molecule has 2 fully saturated rings. The van der Waals surface area contributed by atoms with Crippen molar-refractivity contribution in [2.24, 2.45) is 11.7 Å². The van der Waals surface area contributed by atoms with Crippen LogP contribution in [-0.2, 0) is 41.6 Å². The maximum Gasteiger partial charge on any atom is 0.306 e. The topological polar surface area (TPSA) is 146 Å². The van der Waals surface area contributed by atoms with Crippen LogP contribution in [0.2, 0.25) is 0 Å². The molecule has 0 bridgehead atoms. The molecule has 11 heteroatoms. The number of esters is 1. The minimum Gasteiger partial charge on any atom is -0.486 e. The zero-order valence-corrected chi connectivity index (χ0v) is 24.7. The summed E-state index contributed by atoms with van der Waals surface area (Å²) < 4.78 is 16.0. The Balaban J connectivity index is 0.000000180. The second-order valence-corrected chi connectivity index (χ2v) is 12.4. The molecule has 43 heavy (non-hydrogen) atoms. The van der Waals surface area contributed by atoms with Crippen LogP contribution in [0.25, 0.3) is 0 Å². The SMILES string of the molecule is CC(C)(C)OC(=O)C[C@@H]1CC(=O)N(c2ccc3c(c2)CC(=O)CO3)C1.N[C@@H]1CC(=O)N(c2ccc3c(c2)CC(=O)CO3)C1. The predicted octanol–water partition coefficient (Wildman–Crippen LogP) is 2.53. The van der Waals surface area contributed by atoms with Crippen LogP contribution in [0.4, 0.5) is 11.4 Å². The summed E-state index contributed by atoms with van der Waals surface area (Å²) >= 11 is 0. The van der Waals surface area contributed by atoms with Gasteiger partial charge < -0.3 is 29.7 Å². The second kappa shape index (κ2) is 12.2. The van der Waals surface area contributed by atoms with Crippen LogP contribution in [0.15, 0.2) is 36.4 Å². The van der Waals surface area contributed by atoms with Crippen LogP contribution in [-0.4, -0.2) is 67.3 Å². The summed E-state index contributed by atoms with van der Waals surface area (Å²) in [5.41, 5.74) is 8.44. The first-order valence-corrected chi connectivity index (χ1v) is 14.5. The molecule has 6 rings (SSSR count). The first kappa shape index (κ1) is 30.2. The molecule has 228 valence electrons. The largest absolute Gasteiger partial charge is 0.486 e. The molecule has 2 amide bonds. The summed E-state index contributed by atoms with van der Waals surface area (Å²) in [4.78, 5) is 62.4. The molecule has 0 unspecified atom stereocenters. The summed E-state index contributed by atoms with van der Waals surface area (Å²) in [7, 11) is 0. The summed E-state index contributed by atoms with van der Waals surface area (Å²) in [5, 5.41) is 0. The molecule has 0 aliphatic carbocycles. The van der Waals surface area contributed by atoms with Gasteiger partial charge in [-0.3, -0.25) is 24.0 Å². The third-order valence-corrected chi connectivity index (χ3v) is 7.50. The molecule has 2 saturated heterocycles. The Morgan fingerprint density at radius 3 is 1.84 bits per heavy atom. The number of anilines is 2. The third kappa shape index (κ3) is 7.40. The number of amides is 2. The molecule has 0 radical (unpaired) electrons. The highest BCUT2D eigenvalue weighted by molar-refractivity contribution is 5.97. The third-order valence-electron chi connectivity index (χ3n) is 7.50. The first-order valence-electron chi connectivity index (χ1n) is 14.5. The van der Waals surface area contributed by atoms with Gasteiger partial charge >= 0.3 is 5.97 Å². The molecule has 11 nitrogen and oxygen atoms in total. The Labute approximate surface area is 250 Å². The van der Waals surface area contributed by atoms with Crippen molar-refractivity contribution in [1.82, 2.24) is 0 Å². The number of benzene rings is 2. The number of Topliss-reactive ketones (excluding diaryl/α,β-unsaturated/α-hetero) is 2. The van der Waals surface area contributed by atoms with Gasteiger partial charge in [0.05, 0.1) is 6.42 Å². The Hall–Kier alpha value is -4.25. The van der Waals surface area contributed by atoms with E-state index in [0.717, 1.165) is 28.3 Å². The molecule has 2 atom stereocenters. The fourth-order valence-electron chi connectivity index (χ4n) is 5.64. The molecule has 4 aliphatic rings. The number of nitrogens with two attached hydrogens (primary N) is 1. The van der Waals surface area contributed by atoms with E-state index in [1.54, 1.807) is 15.9 Å². The van der Waals surface area contributed by atoms with Crippen LogP contribution in [0.3, 0.4) is 0 Å². The van der Waals surface area contributed by atoms with Gasteiger partial charge in [0.2, 0.25) is 11.8 Å². The quantitative estimate of drug-likeness (QED) is 0.530. The zero-order chi connectivity index (χ0) is 30.9. The molecule has 0 spiro atoms. The van der Waals surface area contributed by atoms with Crippen LogP contribution in [0.5, 0.6) is 11.5 Å². The van der Waals surface area contributed by atoms with Crippen LogP contribution in [0.1, 0.15) is 51.2 Å². The number of hydrogen-bond donors (Lipinski definition) is 1. The highest BCUT2D eigenvalue weighted by atomic mass is 16.6. The zero-order valence-electron chi connectivity index (χ0n) is 24.7. The number of rotatable bonds is 4. The van der Waals surface area contributed by atoms with Crippen LogP contribution >= 0.6 is 0 Å². The highest BCUT2D eigenvalue weighted by Gasteiger charge is 2.34. The van der Waals surface area contributed by atoms with Crippen molar-refractivity contribution >= 4 is 40.7 Å². The maximum absolute atomic E-state index is 12.4. The van der Waals surface area contributed by atoms with E-state index in [9.17, 15) is 24.0 Å². The van der Waals surface area contributed by atoms with Crippen LogP contribution in [0, 0.1) is 5.92 Å². The van der Waals surface area contributed by atoms with Crippen LogP contribution < -0.4 is 25.0 Å². The number of fused-ring (bicyclic) bond motifs is 2. The number of nitrogens with zero attached hydrogens (tertiary/aromatic N) is 2. The molecule has 0 aromatic heterocycles. The Morgan fingerprint density at radius 2 is 1.35 bits per heavy atom. The van der Waals surface area contributed by atoms with Crippen molar-refractivity contribution in [3.05, 3.63) is 47.5 Å². The van der Waals surface area contributed by atoms with Crippen molar-refractivity contribution in [2.45, 2.75) is 64.5 Å². The van der Waals surface area contributed by atoms with E-state index >= 15 is 0 Å². The van der Waals surface area contributed by atoms with Crippen molar-refractivity contribution in [1.29, 1.82) is 0 Å². The van der Waals surface area contributed by atoms with Crippen molar-refractivity contribution in [3.63, 3.8) is 0 Å². The number of hydrogen-bond acceptors (Lipinski definition) is 9. The van der Waals surface area contributed by atoms with Gasteiger partial charge in [0.15, 0.2) is 11.6 Å². The standard InChI is InChI=1S/C19H23NO5.C13H14N2O3/c1-19(2,3)25-18(23)7-12-6-17(22)20(10-12)14-4-5-16-13(8-14)9-15(21)11-24-16;14-9-5-13(17)15(6-9)10-1-2-12-8(3-10)4-11(16)7-18-12/h4-5,8,12H,6-7,9-11H2,1-3H3;1-3,9H,4-7,14H2/t12-;9-/m01/s1. The molecular formula is C32H37N3O8. The van der Waals surface area contributed by atoms with E-state index in [2.05, 4.69) is 0 Å². The van der Waals surface area contributed by atoms with Gasteiger partial charge in [0.25, 0.3) is 0 Å². The van der Waals surface area contributed by atoms with E-state index in [1.165, 1.54) is 0 Å².